The highest BCUT2D eigenvalue weighted by Crippen LogP contribution is 2.15. The van der Waals surface area contributed by atoms with Crippen LogP contribution >= 0.6 is 0 Å². The van der Waals surface area contributed by atoms with Crippen LogP contribution in [0, 0.1) is 6.92 Å². The average molecular weight is 271 g/mol. The van der Waals surface area contributed by atoms with Crippen LogP contribution in [-0.4, -0.2) is 27.3 Å². The number of hydrogen-bond donors (Lipinski definition) is 1. The van der Waals surface area contributed by atoms with Gasteiger partial charge >= 0.3 is 0 Å². The van der Waals surface area contributed by atoms with Crippen molar-refractivity contribution in [1.82, 2.24) is 4.72 Å². The highest BCUT2D eigenvalue weighted by molar-refractivity contribution is 7.89. The lowest BCUT2D eigenvalue weighted by Crippen LogP contribution is -2.30. The number of sulfonamides is 1. The van der Waals surface area contributed by atoms with E-state index in [1.165, 1.54) is 0 Å². The molecule has 4 nitrogen and oxygen atoms in total. The molecular formula is C13H21NO3S. The smallest absolute Gasteiger partial charge is 0.211 e. The Morgan fingerprint density at radius 3 is 2.67 bits per heavy atom. The molecule has 0 bridgehead atoms. The maximum atomic E-state index is 11.5. The first-order chi connectivity index (χ1) is 8.55. The second kappa shape index (κ2) is 7.38. The molecule has 0 aromatic heterocycles. The molecule has 0 saturated heterocycles. The molecule has 1 aromatic carbocycles. The van der Waals surface area contributed by atoms with Crippen LogP contribution in [0.15, 0.2) is 24.3 Å². The zero-order valence-electron chi connectivity index (χ0n) is 11.0. The third kappa shape index (κ3) is 5.51. The van der Waals surface area contributed by atoms with Gasteiger partial charge in [0.15, 0.2) is 0 Å². The summed E-state index contributed by atoms with van der Waals surface area (Å²) < 4.78 is 31.0. The van der Waals surface area contributed by atoms with Crippen LogP contribution in [-0.2, 0) is 10.0 Å². The average Bonchev–Trinajstić information content (AvgIpc) is 2.34. The Hall–Kier alpha value is -1.07. The Kier molecular flexibility index (Phi) is 6.15. The van der Waals surface area contributed by atoms with E-state index in [9.17, 15) is 8.42 Å². The largest absolute Gasteiger partial charge is 0.492 e. The molecule has 0 atom stereocenters. The van der Waals surface area contributed by atoms with Crippen LogP contribution in [0.2, 0.25) is 0 Å². The van der Waals surface area contributed by atoms with E-state index in [4.69, 9.17) is 4.74 Å². The van der Waals surface area contributed by atoms with E-state index >= 15 is 0 Å². The van der Waals surface area contributed by atoms with E-state index in [1.807, 2.05) is 38.1 Å². The first-order valence-corrected chi connectivity index (χ1v) is 7.86. The summed E-state index contributed by atoms with van der Waals surface area (Å²) in [4.78, 5) is 0. The van der Waals surface area contributed by atoms with Gasteiger partial charge in [-0.15, -0.1) is 0 Å². The maximum Gasteiger partial charge on any atom is 0.211 e. The molecule has 0 fully saturated rings. The predicted octanol–water partition coefficient (Wildman–Crippen LogP) is 2.09. The van der Waals surface area contributed by atoms with Crippen LogP contribution in [0.5, 0.6) is 5.75 Å². The van der Waals surface area contributed by atoms with Crippen molar-refractivity contribution in [2.45, 2.75) is 26.7 Å². The van der Waals surface area contributed by atoms with Crippen molar-refractivity contribution in [2.24, 2.45) is 0 Å². The molecular weight excluding hydrogens is 250 g/mol. The molecule has 0 spiro atoms. The number of nitrogens with one attached hydrogen (secondary N) is 1. The van der Waals surface area contributed by atoms with Gasteiger partial charge in [0.2, 0.25) is 10.0 Å². The maximum absolute atomic E-state index is 11.5. The van der Waals surface area contributed by atoms with Gasteiger partial charge in [0.25, 0.3) is 0 Å². The zero-order chi connectivity index (χ0) is 13.4. The second-order valence-corrected chi connectivity index (χ2v) is 6.11. The third-order valence-corrected chi connectivity index (χ3v) is 4.01. The van der Waals surface area contributed by atoms with Crippen molar-refractivity contribution < 1.29 is 13.2 Å². The SMILES string of the molecule is CCCCS(=O)(=O)NCCOc1ccccc1C. The molecule has 1 aromatic rings. The van der Waals surface area contributed by atoms with Crippen LogP contribution in [0.25, 0.3) is 0 Å². The van der Waals surface area contributed by atoms with Crippen molar-refractivity contribution in [3.8, 4) is 5.75 Å². The van der Waals surface area contributed by atoms with Gasteiger partial charge in [-0.1, -0.05) is 31.5 Å². The van der Waals surface area contributed by atoms with Crippen molar-refractivity contribution >= 4 is 10.0 Å². The van der Waals surface area contributed by atoms with Crippen LogP contribution < -0.4 is 9.46 Å². The van der Waals surface area contributed by atoms with E-state index in [1.54, 1.807) is 0 Å². The quantitative estimate of drug-likeness (QED) is 0.737. The molecule has 0 aliphatic rings. The summed E-state index contributed by atoms with van der Waals surface area (Å²) in [5, 5.41) is 0. The summed E-state index contributed by atoms with van der Waals surface area (Å²) in [5.41, 5.74) is 1.05. The molecule has 0 aliphatic heterocycles. The number of unbranched alkanes of at least 4 members (excludes halogenated alkanes) is 1. The Bertz CT molecular complexity index is 457. The first kappa shape index (κ1) is 15.0. The van der Waals surface area contributed by atoms with E-state index < -0.39 is 10.0 Å². The topological polar surface area (TPSA) is 55.4 Å². The molecule has 102 valence electrons. The van der Waals surface area contributed by atoms with Crippen molar-refractivity contribution in [3.05, 3.63) is 29.8 Å². The molecule has 0 aliphatic carbocycles. The summed E-state index contributed by atoms with van der Waals surface area (Å²) >= 11 is 0. The number of aryl methyl sites for hydroxylation is 1. The fraction of sp³-hybridized carbons (Fsp3) is 0.538. The molecule has 5 heteroatoms. The van der Waals surface area contributed by atoms with Gasteiger partial charge < -0.3 is 4.74 Å². The van der Waals surface area contributed by atoms with E-state index in [-0.39, 0.29) is 5.75 Å². The third-order valence-electron chi connectivity index (χ3n) is 2.54. The molecule has 0 unspecified atom stereocenters. The minimum absolute atomic E-state index is 0.188. The number of hydrogen-bond acceptors (Lipinski definition) is 3. The summed E-state index contributed by atoms with van der Waals surface area (Å²) in [6.45, 7) is 4.58. The molecule has 18 heavy (non-hydrogen) atoms. The Labute approximate surface area is 109 Å². The standard InChI is InChI=1S/C13H21NO3S/c1-3-4-11-18(15,16)14-9-10-17-13-8-6-5-7-12(13)2/h5-8,14H,3-4,9-11H2,1-2H3. The Balaban J connectivity index is 2.29. The summed E-state index contributed by atoms with van der Waals surface area (Å²) in [6, 6.07) is 7.67. The van der Waals surface area contributed by atoms with Crippen molar-refractivity contribution in [3.63, 3.8) is 0 Å². The van der Waals surface area contributed by atoms with E-state index in [0.717, 1.165) is 17.7 Å². The second-order valence-electron chi connectivity index (χ2n) is 4.18. The first-order valence-electron chi connectivity index (χ1n) is 6.21. The van der Waals surface area contributed by atoms with E-state index in [2.05, 4.69) is 4.72 Å². The molecule has 1 rings (SSSR count). The fourth-order valence-electron chi connectivity index (χ4n) is 1.48. The predicted molar refractivity (Wildman–Crippen MR) is 73.4 cm³/mol. The van der Waals surface area contributed by atoms with Gasteiger partial charge in [-0.25, -0.2) is 13.1 Å². The van der Waals surface area contributed by atoms with Crippen LogP contribution in [0.1, 0.15) is 25.3 Å². The highest BCUT2D eigenvalue weighted by atomic mass is 32.2. The van der Waals surface area contributed by atoms with Gasteiger partial charge in [0, 0.05) is 6.54 Å². The highest BCUT2D eigenvalue weighted by Gasteiger charge is 2.08. The lowest BCUT2D eigenvalue weighted by Gasteiger charge is -2.09. The number of ether oxygens (including phenoxy) is 1. The Morgan fingerprint density at radius 1 is 1.28 bits per heavy atom. The number of rotatable bonds is 8. The van der Waals surface area contributed by atoms with Gasteiger partial charge in [0.05, 0.1) is 5.75 Å². The lowest BCUT2D eigenvalue weighted by molar-refractivity contribution is 0.320. The summed E-state index contributed by atoms with van der Waals surface area (Å²) in [6.07, 6.45) is 1.56. The molecule has 0 heterocycles. The Morgan fingerprint density at radius 2 is 2.00 bits per heavy atom. The van der Waals surface area contributed by atoms with Gasteiger partial charge in [0.1, 0.15) is 12.4 Å². The zero-order valence-corrected chi connectivity index (χ0v) is 11.8. The van der Waals surface area contributed by atoms with Crippen LogP contribution in [0.3, 0.4) is 0 Å². The van der Waals surface area contributed by atoms with Crippen molar-refractivity contribution in [1.29, 1.82) is 0 Å². The van der Waals surface area contributed by atoms with Gasteiger partial charge in [-0.05, 0) is 25.0 Å². The minimum Gasteiger partial charge on any atom is -0.492 e. The normalized spacial score (nSPS) is 11.4. The number of benzene rings is 1. The molecule has 0 saturated carbocycles. The van der Waals surface area contributed by atoms with Gasteiger partial charge in [-0.2, -0.15) is 0 Å². The van der Waals surface area contributed by atoms with E-state index in [0.29, 0.717) is 19.6 Å². The van der Waals surface area contributed by atoms with Gasteiger partial charge in [-0.3, -0.25) is 0 Å². The molecule has 1 N–H and O–H groups in total. The minimum atomic E-state index is -3.14. The number of para-hydroxylation sites is 1. The molecule has 0 amide bonds. The summed E-state index contributed by atoms with van der Waals surface area (Å²) in [5.74, 6) is 0.985. The monoisotopic (exact) mass is 271 g/mol. The molecule has 0 radical (unpaired) electrons. The fourth-order valence-corrected chi connectivity index (χ4v) is 2.69. The van der Waals surface area contributed by atoms with Crippen molar-refractivity contribution in [2.75, 3.05) is 18.9 Å². The lowest BCUT2D eigenvalue weighted by atomic mass is 10.2. The summed E-state index contributed by atoms with van der Waals surface area (Å²) in [7, 11) is -3.14. The van der Waals surface area contributed by atoms with Crippen LogP contribution in [0.4, 0.5) is 0 Å².